The summed E-state index contributed by atoms with van der Waals surface area (Å²) in [6.45, 7) is 1.08. The van der Waals surface area contributed by atoms with E-state index in [0.717, 1.165) is 6.92 Å². The molecule has 0 amide bonds. The van der Waals surface area contributed by atoms with Gasteiger partial charge in [0, 0.05) is 16.7 Å². The summed E-state index contributed by atoms with van der Waals surface area (Å²) in [4.78, 5) is 11.6. The van der Waals surface area contributed by atoms with Crippen LogP contribution < -0.4 is 0 Å². The molecule has 0 unspecified atom stereocenters. The zero-order valence-electron chi connectivity index (χ0n) is 10.0. The second kappa shape index (κ2) is 12.5. The van der Waals surface area contributed by atoms with E-state index in [0.29, 0.717) is 0 Å². The molecule has 0 fully saturated rings. The van der Waals surface area contributed by atoms with E-state index in [1.165, 1.54) is 9.79 Å². The van der Waals surface area contributed by atoms with Gasteiger partial charge in [0.25, 0.3) is 5.97 Å². The van der Waals surface area contributed by atoms with E-state index in [1.54, 1.807) is 11.8 Å². The number of hydrogen-bond donors (Lipinski definition) is 1. The Morgan fingerprint density at radius 1 is 0.895 bits per heavy atom. The van der Waals surface area contributed by atoms with Crippen LogP contribution in [0.1, 0.15) is 6.92 Å². The summed E-state index contributed by atoms with van der Waals surface area (Å²) < 4.78 is 0. The van der Waals surface area contributed by atoms with Crippen molar-refractivity contribution in [3.05, 3.63) is 60.7 Å². The summed E-state index contributed by atoms with van der Waals surface area (Å²) in [5, 5.41) is 7.42. The standard InChI is InChI=1S/C12H10S.C2H4O2.Ca.H2O.2H/c1-3-7-11(8-4-1)13-12-9-5-2-6-10-12;1-2(3)4;;;;/h1-10H;1H3,(H,3,4);;1H2;;. The predicted octanol–water partition coefficient (Wildman–Crippen LogP) is 2.19. The van der Waals surface area contributed by atoms with E-state index in [9.17, 15) is 0 Å². The van der Waals surface area contributed by atoms with Gasteiger partial charge in [-0.15, -0.1) is 0 Å². The zero-order valence-corrected chi connectivity index (χ0v) is 10.9. The van der Waals surface area contributed by atoms with Crippen LogP contribution >= 0.6 is 11.8 Å². The molecule has 5 heteroatoms. The first kappa shape index (κ1) is 20.8. The summed E-state index contributed by atoms with van der Waals surface area (Å²) in [5.41, 5.74) is 0. The Bertz CT molecular complexity index is 407. The molecular formula is C14H18CaO3S. The first-order chi connectivity index (χ1) is 8.18. The monoisotopic (exact) mass is 306 g/mol. The summed E-state index contributed by atoms with van der Waals surface area (Å²) in [6.07, 6.45) is 0. The van der Waals surface area contributed by atoms with Crippen molar-refractivity contribution >= 4 is 55.5 Å². The number of hydrogen-bond acceptors (Lipinski definition) is 2. The summed E-state index contributed by atoms with van der Waals surface area (Å²) in [6, 6.07) is 20.8. The smallest absolute Gasteiger partial charge is 0.0122 e. The van der Waals surface area contributed by atoms with Crippen LogP contribution in [0.3, 0.4) is 0 Å². The molecule has 0 aliphatic heterocycles. The third-order valence-corrected chi connectivity index (χ3v) is 2.74. The minimum atomic E-state index is -0.833. The van der Waals surface area contributed by atoms with Crippen molar-refractivity contribution in [2.45, 2.75) is 16.7 Å². The molecule has 100 valence electrons. The first-order valence-electron chi connectivity index (χ1n) is 5.16. The molecule has 2 rings (SSSR count). The number of carboxylic acid groups (broad SMARTS) is 1. The van der Waals surface area contributed by atoms with E-state index in [4.69, 9.17) is 9.90 Å². The molecule has 0 bridgehead atoms. The van der Waals surface area contributed by atoms with E-state index in [2.05, 4.69) is 48.5 Å². The molecule has 2 aromatic rings. The largest absolute Gasteiger partial charge is 0.0901 e. The third kappa shape index (κ3) is 11.0. The Hall–Kier alpha value is -0.520. The molecule has 0 radical (unpaired) electrons. The summed E-state index contributed by atoms with van der Waals surface area (Å²) >= 11 is 1.79. The van der Waals surface area contributed by atoms with Crippen LogP contribution in [0.5, 0.6) is 0 Å². The Labute approximate surface area is 147 Å². The van der Waals surface area contributed by atoms with Gasteiger partial charge in [0.2, 0.25) is 0 Å². The van der Waals surface area contributed by atoms with Gasteiger partial charge in [-0.25, -0.2) is 0 Å². The van der Waals surface area contributed by atoms with Crippen molar-refractivity contribution in [3.8, 4) is 0 Å². The van der Waals surface area contributed by atoms with E-state index >= 15 is 0 Å². The fraction of sp³-hybridized carbons (Fsp3) is 0.0714. The van der Waals surface area contributed by atoms with E-state index in [-0.39, 0.29) is 43.2 Å². The zero-order chi connectivity index (χ0) is 12.5. The molecule has 0 aliphatic rings. The molecule has 0 aromatic heterocycles. The number of aliphatic carboxylic acids is 1. The topological polar surface area (TPSA) is 68.8 Å². The maximum absolute atomic E-state index is 9.00. The number of rotatable bonds is 2. The second-order valence-electron chi connectivity index (χ2n) is 3.25. The van der Waals surface area contributed by atoms with Gasteiger partial charge >= 0.3 is 37.7 Å². The molecule has 0 saturated heterocycles. The van der Waals surface area contributed by atoms with Crippen molar-refractivity contribution in [1.29, 1.82) is 0 Å². The van der Waals surface area contributed by atoms with E-state index in [1.807, 2.05) is 12.1 Å². The minimum Gasteiger partial charge on any atom is -0.0901 e. The van der Waals surface area contributed by atoms with Crippen LogP contribution in [0.2, 0.25) is 0 Å². The molecule has 3 N–H and O–H groups in total. The van der Waals surface area contributed by atoms with Gasteiger partial charge in [-0.3, -0.25) is 4.79 Å². The molecule has 3 nitrogen and oxygen atoms in total. The molecule has 19 heavy (non-hydrogen) atoms. The molecule has 2 aromatic carbocycles. The average Bonchev–Trinajstić information content (AvgIpc) is 2.31. The van der Waals surface area contributed by atoms with Crippen molar-refractivity contribution in [1.82, 2.24) is 0 Å². The SMILES string of the molecule is CC(=O)O.O.[CaH2].c1ccc(Sc2ccccc2)cc1. The molecule has 0 aliphatic carbocycles. The summed E-state index contributed by atoms with van der Waals surface area (Å²) in [7, 11) is 0. The van der Waals surface area contributed by atoms with Gasteiger partial charge < -0.3 is 10.6 Å². The Morgan fingerprint density at radius 3 is 1.42 bits per heavy atom. The minimum absolute atomic E-state index is 0. The number of benzene rings is 2. The van der Waals surface area contributed by atoms with Gasteiger partial charge in [0.1, 0.15) is 0 Å². The van der Waals surface area contributed by atoms with Gasteiger partial charge in [-0.05, 0) is 24.3 Å². The quantitative estimate of drug-likeness (QED) is 0.865. The number of carbonyl (C=O) groups is 1. The fourth-order valence-corrected chi connectivity index (χ4v) is 1.97. The molecule has 0 atom stereocenters. The van der Waals surface area contributed by atoms with Gasteiger partial charge in [-0.1, -0.05) is 48.2 Å². The van der Waals surface area contributed by atoms with Crippen LogP contribution in [0.15, 0.2) is 70.5 Å². The van der Waals surface area contributed by atoms with Crippen molar-refractivity contribution < 1.29 is 15.4 Å². The molecule has 0 heterocycles. The van der Waals surface area contributed by atoms with E-state index < -0.39 is 5.97 Å². The van der Waals surface area contributed by atoms with Gasteiger partial charge in [0.15, 0.2) is 0 Å². The van der Waals surface area contributed by atoms with Crippen LogP contribution in [-0.2, 0) is 4.79 Å². The van der Waals surface area contributed by atoms with Crippen LogP contribution in [0, 0.1) is 0 Å². The van der Waals surface area contributed by atoms with Crippen LogP contribution in [-0.4, -0.2) is 54.3 Å². The Morgan fingerprint density at radius 2 is 1.16 bits per heavy atom. The van der Waals surface area contributed by atoms with Crippen LogP contribution in [0.25, 0.3) is 0 Å². The van der Waals surface area contributed by atoms with Crippen molar-refractivity contribution in [3.63, 3.8) is 0 Å². The second-order valence-corrected chi connectivity index (χ2v) is 4.39. The van der Waals surface area contributed by atoms with Crippen molar-refractivity contribution in [2.75, 3.05) is 0 Å². The molecular weight excluding hydrogens is 288 g/mol. The fourth-order valence-electron chi connectivity index (χ4n) is 1.11. The van der Waals surface area contributed by atoms with Crippen molar-refractivity contribution in [2.24, 2.45) is 0 Å². The first-order valence-corrected chi connectivity index (χ1v) is 5.97. The third-order valence-electron chi connectivity index (χ3n) is 1.72. The molecule has 0 saturated carbocycles. The Balaban J connectivity index is 0. The average molecular weight is 306 g/mol. The summed E-state index contributed by atoms with van der Waals surface area (Å²) in [5.74, 6) is -0.833. The van der Waals surface area contributed by atoms with Gasteiger partial charge in [0.05, 0.1) is 0 Å². The maximum Gasteiger partial charge on any atom is 0.0122 e. The normalized spacial score (nSPS) is 8.05. The number of carboxylic acids is 1. The Kier molecular flexibility index (Phi) is 13.7. The maximum atomic E-state index is 9.00. The predicted molar refractivity (Wildman–Crippen MR) is 82.5 cm³/mol. The molecule has 0 spiro atoms. The van der Waals surface area contributed by atoms with Gasteiger partial charge in [-0.2, -0.15) is 0 Å². The van der Waals surface area contributed by atoms with Crippen LogP contribution in [0.4, 0.5) is 0 Å².